The number of hydrogen-bond donors (Lipinski definition) is 0. The van der Waals surface area contributed by atoms with Gasteiger partial charge in [0.25, 0.3) is 0 Å². The van der Waals surface area contributed by atoms with E-state index >= 15 is 0 Å². The Kier molecular flexibility index (Phi) is 13.3. The predicted octanol–water partition coefficient (Wildman–Crippen LogP) is 5.20. The van der Waals surface area contributed by atoms with Crippen LogP contribution in [0.2, 0.25) is 0 Å². The highest BCUT2D eigenvalue weighted by Crippen LogP contribution is 2.17. The van der Waals surface area contributed by atoms with Crippen LogP contribution in [-0.4, -0.2) is 16.8 Å². The van der Waals surface area contributed by atoms with Crippen molar-refractivity contribution in [2.75, 3.05) is 5.75 Å². The summed E-state index contributed by atoms with van der Waals surface area (Å²) >= 11 is 1.82. The predicted molar refractivity (Wildman–Crippen MR) is 85.1 cm³/mol. The highest BCUT2D eigenvalue weighted by Gasteiger charge is 2.12. The van der Waals surface area contributed by atoms with Gasteiger partial charge in [-0.1, -0.05) is 53.7 Å². The molecular formula is C15H29NS. The van der Waals surface area contributed by atoms with E-state index in [9.17, 15) is 0 Å². The van der Waals surface area contributed by atoms with Gasteiger partial charge in [0.15, 0.2) is 0 Å². The largest absolute Gasteiger partial charge is 0.275 e. The van der Waals surface area contributed by atoms with Crippen molar-refractivity contribution in [3.63, 3.8) is 0 Å². The average Bonchev–Trinajstić information content (AvgIpc) is 2.35. The molecule has 0 aromatic rings. The van der Waals surface area contributed by atoms with Crippen LogP contribution in [0.3, 0.4) is 0 Å². The molecule has 0 heterocycles. The Morgan fingerprint density at radius 1 is 1.18 bits per heavy atom. The quantitative estimate of drug-likeness (QED) is 0.361. The molecule has 0 aromatic heterocycles. The average molecular weight is 255 g/mol. The number of hydrogen-bond acceptors (Lipinski definition) is 2. The Balaban J connectivity index is 0. The lowest BCUT2D eigenvalue weighted by Crippen LogP contribution is -2.15. The molecule has 0 saturated carbocycles. The Morgan fingerprint density at radius 3 is 2.00 bits per heavy atom. The molecule has 0 rings (SSSR count). The van der Waals surface area contributed by atoms with Gasteiger partial charge in [0.05, 0.1) is 11.1 Å². The highest BCUT2D eigenvalue weighted by atomic mass is 32.2. The van der Waals surface area contributed by atoms with E-state index in [1.54, 1.807) is 0 Å². The first kappa shape index (κ1) is 18.9. The maximum absolute atomic E-state index is 4.74. The minimum atomic E-state index is 0.166. The van der Waals surface area contributed by atoms with Crippen LogP contribution in [-0.2, 0) is 0 Å². The van der Waals surface area contributed by atoms with Crippen LogP contribution < -0.4 is 0 Å². The summed E-state index contributed by atoms with van der Waals surface area (Å²) in [5, 5.41) is 1.22. The van der Waals surface area contributed by atoms with Gasteiger partial charge in [-0.2, -0.15) is 0 Å². The van der Waals surface area contributed by atoms with E-state index in [2.05, 4.69) is 40.9 Å². The molecule has 2 atom stereocenters. The van der Waals surface area contributed by atoms with E-state index in [4.69, 9.17) is 4.99 Å². The van der Waals surface area contributed by atoms with Gasteiger partial charge >= 0.3 is 0 Å². The fourth-order valence-corrected chi connectivity index (χ4v) is 2.00. The van der Waals surface area contributed by atoms with Gasteiger partial charge in [-0.25, -0.2) is 0 Å². The molecule has 0 aliphatic rings. The minimum absolute atomic E-state index is 0.166. The van der Waals surface area contributed by atoms with Crippen LogP contribution in [0.1, 0.15) is 41.5 Å². The van der Waals surface area contributed by atoms with Gasteiger partial charge < -0.3 is 0 Å². The third-order valence-electron chi connectivity index (χ3n) is 2.21. The molecule has 17 heavy (non-hydrogen) atoms. The van der Waals surface area contributed by atoms with Gasteiger partial charge in [0.1, 0.15) is 0 Å². The summed E-state index contributed by atoms with van der Waals surface area (Å²) in [6.07, 6.45) is 3.84. The van der Waals surface area contributed by atoms with E-state index in [1.165, 1.54) is 5.04 Å². The van der Waals surface area contributed by atoms with Crippen LogP contribution >= 0.6 is 11.8 Å². The summed E-state index contributed by atoms with van der Waals surface area (Å²) < 4.78 is 0. The van der Waals surface area contributed by atoms with Crippen LogP contribution in [0.4, 0.5) is 0 Å². The molecule has 0 amide bonds. The molecule has 100 valence electrons. The molecular weight excluding hydrogens is 226 g/mol. The summed E-state index contributed by atoms with van der Waals surface area (Å²) in [5.41, 5.74) is 0. The molecule has 0 aromatic carbocycles. The zero-order valence-corrected chi connectivity index (χ0v) is 13.2. The van der Waals surface area contributed by atoms with Crippen molar-refractivity contribution >= 4 is 16.8 Å². The zero-order chi connectivity index (χ0) is 13.8. The van der Waals surface area contributed by atoms with Gasteiger partial charge in [-0.15, -0.1) is 24.9 Å². The first-order chi connectivity index (χ1) is 8.06. The summed E-state index contributed by atoms with van der Waals surface area (Å²) in [6.45, 7) is 20.3. The highest BCUT2D eigenvalue weighted by molar-refractivity contribution is 8.13. The van der Waals surface area contributed by atoms with Gasteiger partial charge in [0, 0.05) is 5.92 Å². The normalized spacial score (nSPS) is 14.6. The van der Waals surface area contributed by atoms with Gasteiger partial charge in [-0.3, -0.25) is 4.99 Å². The molecule has 0 spiro atoms. The Bertz CT molecular complexity index is 231. The first-order valence-electron chi connectivity index (χ1n) is 6.52. The van der Waals surface area contributed by atoms with E-state index in [0.717, 1.165) is 5.75 Å². The SMILES string of the molecule is C=CC(C)C(C=C)N=C(SCC)C(C)C.CC. The van der Waals surface area contributed by atoms with Crippen molar-refractivity contribution in [2.24, 2.45) is 16.8 Å². The second-order valence-corrected chi connectivity index (χ2v) is 5.16. The second kappa shape index (κ2) is 12.0. The zero-order valence-electron chi connectivity index (χ0n) is 12.4. The van der Waals surface area contributed by atoms with Crippen LogP contribution in [0.5, 0.6) is 0 Å². The van der Waals surface area contributed by atoms with Gasteiger partial charge in [-0.05, 0) is 11.7 Å². The van der Waals surface area contributed by atoms with Crippen molar-refractivity contribution in [2.45, 2.75) is 47.6 Å². The first-order valence-corrected chi connectivity index (χ1v) is 7.50. The lowest BCUT2D eigenvalue weighted by Gasteiger charge is -2.16. The molecule has 0 fully saturated rings. The molecule has 0 N–H and O–H groups in total. The fraction of sp³-hybridized carbons (Fsp3) is 0.667. The Labute approximate surface area is 112 Å². The maximum Gasteiger partial charge on any atom is 0.0746 e. The van der Waals surface area contributed by atoms with Crippen molar-refractivity contribution in [3.8, 4) is 0 Å². The van der Waals surface area contributed by atoms with Crippen LogP contribution in [0, 0.1) is 11.8 Å². The molecule has 0 aliphatic carbocycles. The summed E-state index contributed by atoms with van der Waals surface area (Å²) in [6, 6.07) is 0.166. The number of rotatable bonds is 6. The molecule has 2 heteroatoms. The van der Waals surface area contributed by atoms with E-state index in [-0.39, 0.29) is 6.04 Å². The van der Waals surface area contributed by atoms with E-state index in [0.29, 0.717) is 11.8 Å². The molecule has 2 unspecified atom stereocenters. The fourth-order valence-electron chi connectivity index (χ4n) is 1.17. The Morgan fingerprint density at radius 2 is 1.71 bits per heavy atom. The molecule has 0 aliphatic heterocycles. The topological polar surface area (TPSA) is 12.4 Å². The lowest BCUT2D eigenvalue weighted by atomic mass is 10.0. The smallest absolute Gasteiger partial charge is 0.0746 e. The van der Waals surface area contributed by atoms with Crippen molar-refractivity contribution < 1.29 is 0 Å². The summed E-state index contributed by atoms with van der Waals surface area (Å²) in [7, 11) is 0. The summed E-state index contributed by atoms with van der Waals surface area (Å²) in [5.74, 6) is 1.92. The monoisotopic (exact) mass is 255 g/mol. The van der Waals surface area contributed by atoms with Crippen molar-refractivity contribution in [1.82, 2.24) is 0 Å². The second-order valence-electron chi connectivity index (χ2n) is 3.88. The molecule has 0 radical (unpaired) electrons. The minimum Gasteiger partial charge on any atom is -0.275 e. The molecule has 0 saturated heterocycles. The van der Waals surface area contributed by atoms with Gasteiger partial charge in [0.2, 0.25) is 0 Å². The third kappa shape index (κ3) is 8.25. The molecule has 1 nitrogen and oxygen atoms in total. The Hall–Kier alpha value is -0.500. The van der Waals surface area contributed by atoms with E-state index < -0.39 is 0 Å². The lowest BCUT2D eigenvalue weighted by molar-refractivity contribution is 0.632. The third-order valence-corrected chi connectivity index (χ3v) is 3.38. The summed E-state index contributed by atoms with van der Waals surface area (Å²) in [4.78, 5) is 4.74. The number of nitrogens with zero attached hydrogens (tertiary/aromatic N) is 1. The van der Waals surface area contributed by atoms with E-state index in [1.807, 2.05) is 37.8 Å². The van der Waals surface area contributed by atoms with Crippen LogP contribution in [0.15, 0.2) is 30.3 Å². The standard InChI is InChI=1S/C13H23NS.C2H6/c1-7-11(6)12(8-2)14-13(10(4)5)15-9-3;1-2/h7-8,10-12H,1-2,9H2,3-6H3;1-2H3. The van der Waals surface area contributed by atoms with Crippen molar-refractivity contribution in [1.29, 1.82) is 0 Å². The number of aliphatic imine (C=N–C) groups is 1. The van der Waals surface area contributed by atoms with Crippen LogP contribution in [0.25, 0.3) is 0 Å². The maximum atomic E-state index is 4.74. The number of thioether (sulfide) groups is 1. The molecule has 0 bridgehead atoms. The van der Waals surface area contributed by atoms with Crippen molar-refractivity contribution in [3.05, 3.63) is 25.3 Å².